The van der Waals surface area contributed by atoms with Crippen LogP contribution in [0.15, 0.2) is 42.5 Å². The summed E-state index contributed by atoms with van der Waals surface area (Å²) in [5, 5.41) is 9.67. The second-order valence-electron chi connectivity index (χ2n) is 6.54. The lowest BCUT2D eigenvalue weighted by atomic mass is 10.1. The molecule has 2 aromatic carbocycles. The third-order valence-electron chi connectivity index (χ3n) is 4.67. The van der Waals surface area contributed by atoms with Crippen LogP contribution in [0.4, 0.5) is 5.95 Å². The summed E-state index contributed by atoms with van der Waals surface area (Å²) in [5.74, 6) is 1.86. The Hall–Kier alpha value is -3.39. The van der Waals surface area contributed by atoms with Gasteiger partial charge in [-0.2, -0.15) is 4.98 Å². The standard InChI is InChI=1S/C20H21N5O3/c1-27-15-7-8-16(17(9-15)28-2)19-22-20(24-23-19)21-18(26)12-25-10-13-5-3-4-6-14(13)11-25/h3-9H,10-12H2,1-2H3,(H2,21,22,23,24,26). The Balaban J connectivity index is 1.41. The Labute approximate surface area is 162 Å². The summed E-state index contributed by atoms with van der Waals surface area (Å²) in [4.78, 5) is 18.8. The van der Waals surface area contributed by atoms with Crippen LogP contribution in [-0.4, -0.2) is 46.8 Å². The molecule has 0 fully saturated rings. The first kappa shape index (κ1) is 18.0. The van der Waals surface area contributed by atoms with Gasteiger partial charge in [0.15, 0.2) is 5.82 Å². The molecule has 1 aromatic heterocycles. The van der Waals surface area contributed by atoms with Crippen LogP contribution in [-0.2, 0) is 17.9 Å². The van der Waals surface area contributed by atoms with E-state index >= 15 is 0 Å². The Morgan fingerprint density at radius 3 is 2.57 bits per heavy atom. The number of aromatic nitrogens is 3. The van der Waals surface area contributed by atoms with E-state index in [-0.39, 0.29) is 18.4 Å². The average Bonchev–Trinajstić information content (AvgIpc) is 3.33. The fourth-order valence-corrected chi connectivity index (χ4v) is 3.32. The number of ether oxygens (including phenoxy) is 2. The van der Waals surface area contributed by atoms with Crippen molar-refractivity contribution in [1.29, 1.82) is 0 Å². The Morgan fingerprint density at radius 2 is 1.89 bits per heavy atom. The summed E-state index contributed by atoms with van der Waals surface area (Å²) in [5.41, 5.74) is 3.26. The summed E-state index contributed by atoms with van der Waals surface area (Å²) < 4.78 is 10.6. The van der Waals surface area contributed by atoms with Gasteiger partial charge in [0.2, 0.25) is 11.9 Å². The van der Waals surface area contributed by atoms with E-state index in [0.717, 1.165) is 18.7 Å². The first-order chi connectivity index (χ1) is 13.7. The Morgan fingerprint density at radius 1 is 1.14 bits per heavy atom. The van der Waals surface area contributed by atoms with E-state index in [9.17, 15) is 4.79 Å². The summed E-state index contributed by atoms with van der Waals surface area (Å²) >= 11 is 0. The molecule has 1 aliphatic heterocycles. The van der Waals surface area contributed by atoms with Crippen LogP contribution < -0.4 is 14.8 Å². The second-order valence-corrected chi connectivity index (χ2v) is 6.54. The first-order valence-electron chi connectivity index (χ1n) is 8.90. The molecule has 0 radical (unpaired) electrons. The van der Waals surface area contributed by atoms with Gasteiger partial charge in [-0.3, -0.25) is 20.1 Å². The zero-order chi connectivity index (χ0) is 19.5. The third kappa shape index (κ3) is 3.67. The number of nitrogens with zero attached hydrogens (tertiary/aromatic N) is 3. The van der Waals surface area contributed by atoms with Gasteiger partial charge < -0.3 is 9.47 Å². The van der Waals surface area contributed by atoms with Crippen LogP contribution in [0.1, 0.15) is 11.1 Å². The van der Waals surface area contributed by atoms with Gasteiger partial charge in [-0.15, -0.1) is 5.10 Å². The third-order valence-corrected chi connectivity index (χ3v) is 4.67. The van der Waals surface area contributed by atoms with Crippen LogP contribution in [0.3, 0.4) is 0 Å². The van der Waals surface area contributed by atoms with Crippen LogP contribution >= 0.6 is 0 Å². The molecule has 0 saturated heterocycles. The molecule has 0 bridgehead atoms. The first-order valence-corrected chi connectivity index (χ1v) is 8.90. The summed E-state index contributed by atoms with van der Waals surface area (Å²) in [6.45, 7) is 1.82. The molecule has 8 nitrogen and oxygen atoms in total. The van der Waals surface area contributed by atoms with Crippen LogP contribution in [0.5, 0.6) is 11.5 Å². The monoisotopic (exact) mass is 379 g/mol. The van der Waals surface area contributed by atoms with Crippen LogP contribution in [0.2, 0.25) is 0 Å². The van der Waals surface area contributed by atoms with E-state index < -0.39 is 0 Å². The highest BCUT2D eigenvalue weighted by Gasteiger charge is 2.21. The van der Waals surface area contributed by atoms with Gasteiger partial charge in [0.1, 0.15) is 11.5 Å². The largest absolute Gasteiger partial charge is 0.497 e. The van der Waals surface area contributed by atoms with E-state index in [1.54, 1.807) is 20.3 Å². The van der Waals surface area contributed by atoms with Crippen molar-refractivity contribution in [1.82, 2.24) is 20.1 Å². The number of benzene rings is 2. The maximum absolute atomic E-state index is 12.4. The van der Waals surface area contributed by atoms with Crippen molar-refractivity contribution >= 4 is 11.9 Å². The molecule has 28 heavy (non-hydrogen) atoms. The van der Waals surface area contributed by atoms with Crippen LogP contribution in [0, 0.1) is 0 Å². The van der Waals surface area contributed by atoms with Crippen LogP contribution in [0.25, 0.3) is 11.4 Å². The fraction of sp³-hybridized carbons (Fsp3) is 0.250. The quantitative estimate of drug-likeness (QED) is 0.683. The summed E-state index contributed by atoms with van der Waals surface area (Å²) in [6.07, 6.45) is 0. The van der Waals surface area contributed by atoms with Crippen molar-refractivity contribution in [2.24, 2.45) is 0 Å². The molecule has 0 saturated carbocycles. The molecule has 1 amide bonds. The molecular weight excluding hydrogens is 358 g/mol. The number of carbonyl (C=O) groups excluding carboxylic acids is 1. The van der Waals surface area contributed by atoms with Gasteiger partial charge in [0.25, 0.3) is 0 Å². The van der Waals surface area contributed by atoms with E-state index in [1.807, 2.05) is 24.3 Å². The van der Waals surface area contributed by atoms with Crippen molar-refractivity contribution in [3.05, 3.63) is 53.6 Å². The average molecular weight is 379 g/mol. The van der Waals surface area contributed by atoms with Crippen molar-refractivity contribution in [2.75, 3.05) is 26.1 Å². The summed E-state index contributed by atoms with van der Waals surface area (Å²) in [7, 11) is 3.17. The maximum Gasteiger partial charge on any atom is 0.249 e. The number of H-pyrrole nitrogens is 1. The van der Waals surface area contributed by atoms with Gasteiger partial charge in [0, 0.05) is 19.2 Å². The Bertz CT molecular complexity index is 976. The molecule has 0 atom stereocenters. The minimum absolute atomic E-state index is 0.153. The van der Waals surface area contributed by atoms with Crippen molar-refractivity contribution < 1.29 is 14.3 Å². The van der Waals surface area contributed by atoms with E-state index in [2.05, 4.69) is 37.5 Å². The molecular formula is C20H21N5O3. The van der Waals surface area contributed by atoms with Crippen molar-refractivity contribution in [3.63, 3.8) is 0 Å². The van der Waals surface area contributed by atoms with E-state index in [1.165, 1.54) is 11.1 Å². The van der Waals surface area contributed by atoms with E-state index in [0.29, 0.717) is 17.3 Å². The number of amides is 1. The predicted octanol–water partition coefficient (Wildman–Crippen LogP) is 2.44. The number of methoxy groups -OCH3 is 2. The highest BCUT2D eigenvalue weighted by Crippen LogP contribution is 2.31. The number of nitrogens with one attached hydrogen (secondary N) is 2. The lowest BCUT2D eigenvalue weighted by Gasteiger charge is -2.13. The van der Waals surface area contributed by atoms with Gasteiger partial charge >= 0.3 is 0 Å². The topological polar surface area (TPSA) is 92.4 Å². The lowest BCUT2D eigenvalue weighted by Crippen LogP contribution is -2.29. The predicted molar refractivity (Wildman–Crippen MR) is 104 cm³/mol. The van der Waals surface area contributed by atoms with Gasteiger partial charge in [-0.25, -0.2) is 0 Å². The number of fused-ring (bicyclic) bond motifs is 1. The fourth-order valence-electron chi connectivity index (χ4n) is 3.32. The molecule has 4 rings (SSSR count). The smallest absolute Gasteiger partial charge is 0.249 e. The highest BCUT2D eigenvalue weighted by atomic mass is 16.5. The molecule has 2 N–H and O–H groups in total. The van der Waals surface area contributed by atoms with Crippen molar-refractivity contribution in [2.45, 2.75) is 13.1 Å². The molecule has 2 heterocycles. The maximum atomic E-state index is 12.4. The van der Waals surface area contributed by atoms with Crippen molar-refractivity contribution in [3.8, 4) is 22.9 Å². The molecule has 3 aromatic rings. The SMILES string of the molecule is COc1ccc(-c2nc(NC(=O)CN3Cc4ccccc4C3)n[nH]2)c(OC)c1. The normalized spacial score (nSPS) is 13.2. The minimum Gasteiger partial charge on any atom is -0.497 e. The lowest BCUT2D eigenvalue weighted by molar-refractivity contribution is -0.117. The molecule has 0 unspecified atom stereocenters. The Kier molecular flexibility index (Phi) is 4.94. The second kappa shape index (κ2) is 7.69. The highest BCUT2D eigenvalue weighted by molar-refractivity contribution is 5.90. The zero-order valence-electron chi connectivity index (χ0n) is 15.7. The number of carbonyl (C=O) groups is 1. The number of rotatable bonds is 6. The number of hydrogen-bond donors (Lipinski definition) is 2. The number of anilines is 1. The number of hydrogen-bond acceptors (Lipinski definition) is 6. The molecule has 0 spiro atoms. The van der Waals surface area contributed by atoms with Gasteiger partial charge in [0.05, 0.1) is 26.3 Å². The summed E-state index contributed by atoms with van der Waals surface area (Å²) in [6, 6.07) is 13.6. The minimum atomic E-state index is -0.153. The van der Waals surface area contributed by atoms with E-state index in [4.69, 9.17) is 9.47 Å². The molecule has 0 aliphatic carbocycles. The number of aromatic amines is 1. The zero-order valence-corrected chi connectivity index (χ0v) is 15.7. The molecule has 8 heteroatoms. The van der Waals surface area contributed by atoms with Gasteiger partial charge in [-0.1, -0.05) is 24.3 Å². The molecule has 144 valence electrons. The molecule has 1 aliphatic rings. The van der Waals surface area contributed by atoms with Gasteiger partial charge in [-0.05, 0) is 23.3 Å².